The lowest BCUT2D eigenvalue weighted by Gasteiger charge is -2.39. The van der Waals surface area contributed by atoms with Crippen molar-refractivity contribution in [2.24, 2.45) is 0 Å². The van der Waals surface area contributed by atoms with Crippen molar-refractivity contribution in [3.8, 4) is 0 Å². The van der Waals surface area contributed by atoms with Crippen LogP contribution in [-0.2, 0) is 6.54 Å². The Bertz CT molecular complexity index is 1040. The molecule has 3 aromatic rings. The molecule has 0 amide bonds. The number of hydrogen-bond donors (Lipinski definition) is 2. The van der Waals surface area contributed by atoms with Crippen LogP contribution >= 0.6 is 11.6 Å². The van der Waals surface area contributed by atoms with E-state index in [2.05, 4.69) is 32.2 Å². The highest BCUT2D eigenvalue weighted by Gasteiger charge is 2.28. The second-order valence-corrected chi connectivity index (χ2v) is 8.65. The Balaban J connectivity index is 1.47. The summed E-state index contributed by atoms with van der Waals surface area (Å²) in [4.78, 5) is 14.0. The molecule has 2 aromatic carbocycles. The highest BCUT2D eigenvalue weighted by atomic mass is 35.5. The Kier molecular flexibility index (Phi) is 5.66. The van der Waals surface area contributed by atoms with Gasteiger partial charge in [0.25, 0.3) is 0 Å². The van der Waals surface area contributed by atoms with Crippen molar-refractivity contribution < 1.29 is 5.11 Å². The Labute approximate surface area is 187 Å². The largest absolute Gasteiger partial charge is 0.393 e. The number of para-hydroxylation sites is 2. The summed E-state index contributed by atoms with van der Waals surface area (Å²) in [5, 5.41) is 14.0. The first-order chi connectivity index (χ1) is 15.2. The number of hydrogen-bond acceptors (Lipinski definition) is 6. The van der Waals surface area contributed by atoms with Gasteiger partial charge in [0.05, 0.1) is 23.5 Å². The number of benzene rings is 2. The van der Waals surface area contributed by atoms with E-state index < -0.39 is 0 Å². The molecule has 7 heteroatoms. The molecule has 2 heterocycles. The number of nitrogens with one attached hydrogen (secondary N) is 1. The van der Waals surface area contributed by atoms with Gasteiger partial charge in [-0.25, -0.2) is 4.98 Å². The van der Waals surface area contributed by atoms with Gasteiger partial charge in [-0.05, 0) is 49.9 Å². The van der Waals surface area contributed by atoms with Crippen LogP contribution < -0.4 is 15.1 Å². The number of aromatic nitrogens is 2. The normalized spacial score (nSPS) is 21.0. The third-order valence-electron chi connectivity index (χ3n) is 6.06. The van der Waals surface area contributed by atoms with E-state index in [1.807, 2.05) is 48.7 Å². The van der Waals surface area contributed by atoms with Crippen molar-refractivity contribution in [1.29, 1.82) is 0 Å². The second kappa shape index (κ2) is 8.73. The third-order valence-corrected chi connectivity index (χ3v) is 6.38. The van der Waals surface area contributed by atoms with Gasteiger partial charge in [-0.15, -0.1) is 0 Å². The average molecular weight is 436 g/mol. The maximum absolute atomic E-state index is 9.77. The second-order valence-electron chi connectivity index (χ2n) is 8.25. The lowest BCUT2D eigenvalue weighted by Crippen LogP contribution is -2.41. The smallest absolute Gasteiger partial charge is 0.224 e. The van der Waals surface area contributed by atoms with E-state index in [9.17, 15) is 5.11 Å². The van der Waals surface area contributed by atoms with E-state index in [-0.39, 0.29) is 6.10 Å². The molecule has 2 N–H and O–H groups in total. The predicted octanol–water partition coefficient (Wildman–Crippen LogP) is 4.96. The number of anilines is 4. The van der Waals surface area contributed by atoms with Crippen LogP contribution in [0.4, 0.5) is 23.1 Å². The quantitative estimate of drug-likeness (QED) is 0.603. The minimum Gasteiger partial charge on any atom is -0.393 e. The molecular formula is C24H26ClN5O. The minimum absolute atomic E-state index is 0.174. The Morgan fingerprint density at radius 3 is 2.48 bits per heavy atom. The molecule has 0 radical (unpaired) electrons. The molecule has 0 bridgehead atoms. The van der Waals surface area contributed by atoms with E-state index in [1.165, 1.54) is 0 Å². The Morgan fingerprint density at radius 1 is 0.968 bits per heavy atom. The highest BCUT2D eigenvalue weighted by molar-refractivity contribution is 6.33. The van der Waals surface area contributed by atoms with Crippen LogP contribution in [0.25, 0.3) is 0 Å². The molecule has 1 aliphatic carbocycles. The van der Waals surface area contributed by atoms with Crippen LogP contribution in [-0.4, -0.2) is 33.9 Å². The zero-order valence-electron chi connectivity index (χ0n) is 17.3. The molecule has 5 rings (SSSR count). The SMILES string of the molecule is OC1CCC(Nc2ncc3c(n2)N(c2ccccc2)CN(c2ccccc2Cl)C3)CC1. The summed E-state index contributed by atoms with van der Waals surface area (Å²) >= 11 is 6.50. The van der Waals surface area contributed by atoms with Crippen molar-refractivity contribution in [1.82, 2.24) is 9.97 Å². The van der Waals surface area contributed by atoms with Gasteiger partial charge < -0.3 is 20.2 Å². The van der Waals surface area contributed by atoms with Crippen molar-refractivity contribution in [2.45, 2.75) is 44.4 Å². The highest BCUT2D eigenvalue weighted by Crippen LogP contribution is 2.36. The van der Waals surface area contributed by atoms with Crippen LogP contribution in [0.1, 0.15) is 31.2 Å². The predicted molar refractivity (Wildman–Crippen MR) is 125 cm³/mol. The maximum Gasteiger partial charge on any atom is 0.224 e. The summed E-state index contributed by atoms with van der Waals surface area (Å²) in [5.74, 6) is 1.56. The number of aliphatic hydroxyl groups is 1. The number of nitrogens with zero attached hydrogens (tertiary/aromatic N) is 4. The molecule has 1 aromatic heterocycles. The molecule has 0 unspecified atom stereocenters. The van der Waals surface area contributed by atoms with Crippen LogP contribution in [0.15, 0.2) is 60.8 Å². The number of aliphatic hydroxyl groups excluding tert-OH is 1. The maximum atomic E-state index is 9.77. The molecule has 0 saturated heterocycles. The van der Waals surface area contributed by atoms with Gasteiger partial charge in [0.15, 0.2) is 0 Å². The zero-order valence-corrected chi connectivity index (χ0v) is 18.0. The molecule has 1 saturated carbocycles. The summed E-state index contributed by atoms with van der Waals surface area (Å²) in [6.07, 6.45) is 5.26. The monoisotopic (exact) mass is 435 g/mol. The first kappa shape index (κ1) is 20.1. The minimum atomic E-state index is -0.174. The van der Waals surface area contributed by atoms with Gasteiger partial charge in [-0.3, -0.25) is 0 Å². The summed E-state index contributed by atoms with van der Waals surface area (Å²) in [5.41, 5.74) is 3.13. The molecule has 31 heavy (non-hydrogen) atoms. The summed E-state index contributed by atoms with van der Waals surface area (Å²) in [6.45, 7) is 1.34. The van der Waals surface area contributed by atoms with Crippen molar-refractivity contribution >= 4 is 34.7 Å². The van der Waals surface area contributed by atoms with Crippen LogP contribution in [0.2, 0.25) is 5.02 Å². The van der Waals surface area contributed by atoms with Crippen molar-refractivity contribution in [2.75, 3.05) is 21.8 Å². The Hall–Kier alpha value is -2.83. The van der Waals surface area contributed by atoms with E-state index in [4.69, 9.17) is 16.6 Å². The number of rotatable bonds is 4. The fourth-order valence-corrected chi connectivity index (χ4v) is 4.65. The van der Waals surface area contributed by atoms with E-state index >= 15 is 0 Å². The molecule has 6 nitrogen and oxygen atoms in total. The van der Waals surface area contributed by atoms with Crippen molar-refractivity contribution in [3.05, 3.63) is 71.4 Å². The fourth-order valence-electron chi connectivity index (χ4n) is 4.39. The first-order valence-corrected chi connectivity index (χ1v) is 11.2. The van der Waals surface area contributed by atoms with Gasteiger partial charge in [0, 0.05) is 30.0 Å². The first-order valence-electron chi connectivity index (χ1n) is 10.8. The topological polar surface area (TPSA) is 64.5 Å². The third kappa shape index (κ3) is 4.31. The molecule has 1 aliphatic heterocycles. The van der Waals surface area contributed by atoms with Crippen LogP contribution in [0, 0.1) is 0 Å². The zero-order chi connectivity index (χ0) is 21.2. The molecule has 0 atom stereocenters. The van der Waals surface area contributed by atoms with Gasteiger partial charge in [0.2, 0.25) is 5.95 Å². The standard InChI is InChI=1S/C24H26ClN5O/c25-21-8-4-5-9-22(21)29-15-17-14-26-24(27-18-10-12-20(31)13-11-18)28-23(17)30(16-29)19-6-2-1-3-7-19/h1-9,14,18,20,31H,10-13,15-16H2,(H,26,27,28). The van der Waals surface area contributed by atoms with E-state index in [0.717, 1.165) is 53.5 Å². The van der Waals surface area contributed by atoms with Gasteiger partial charge in [-0.1, -0.05) is 41.9 Å². The molecule has 1 fully saturated rings. The molecule has 0 spiro atoms. The number of halogens is 1. The van der Waals surface area contributed by atoms with Crippen molar-refractivity contribution in [3.63, 3.8) is 0 Å². The number of fused-ring (bicyclic) bond motifs is 1. The van der Waals surface area contributed by atoms with Gasteiger partial charge >= 0.3 is 0 Å². The van der Waals surface area contributed by atoms with Crippen LogP contribution in [0.5, 0.6) is 0 Å². The summed E-state index contributed by atoms with van der Waals surface area (Å²) in [7, 11) is 0. The molecular weight excluding hydrogens is 410 g/mol. The Morgan fingerprint density at radius 2 is 1.71 bits per heavy atom. The van der Waals surface area contributed by atoms with Gasteiger partial charge in [0.1, 0.15) is 5.82 Å². The lowest BCUT2D eigenvalue weighted by atomic mass is 9.93. The molecule has 2 aliphatic rings. The van der Waals surface area contributed by atoms with E-state index in [1.54, 1.807) is 0 Å². The van der Waals surface area contributed by atoms with E-state index in [0.29, 0.717) is 25.2 Å². The lowest BCUT2D eigenvalue weighted by molar-refractivity contribution is 0.126. The van der Waals surface area contributed by atoms with Gasteiger partial charge in [-0.2, -0.15) is 4.98 Å². The van der Waals surface area contributed by atoms with Crippen LogP contribution in [0.3, 0.4) is 0 Å². The average Bonchev–Trinajstić information content (AvgIpc) is 2.81. The summed E-state index contributed by atoms with van der Waals surface area (Å²) in [6, 6.07) is 18.5. The molecule has 160 valence electrons. The fraction of sp³-hybridized carbons (Fsp3) is 0.333. The summed E-state index contributed by atoms with van der Waals surface area (Å²) < 4.78 is 0.